The van der Waals surface area contributed by atoms with Crippen LogP contribution < -0.4 is 5.32 Å². The van der Waals surface area contributed by atoms with Gasteiger partial charge in [0.1, 0.15) is 0 Å². The molecular formula is C15H25N3O. The number of nitrogens with one attached hydrogen (secondary N) is 1. The molecule has 2 rings (SSSR count). The van der Waals surface area contributed by atoms with E-state index >= 15 is 0 Å². The summed E-state index contributed by atoms with van der Waals surface area (Å²) in [4.78, 5) is 17.4. The Balaban J connectivity index is 1.74. The largest absolute Gasteiger partial charge is 0.306 e. The van der Waals surface area contributed by atoms with Gasteiger partial charge in [0.25, 0.3) is 0 Å². The predicted octanol–water partition coefficient (Wildman–Crippen LogP) is 2.56. The third kappa shape index (κ3) is 4.21. The lowest BCUT2D eigenvalue weighted by atomic mass is 9.97. The number of likely N-dealkylation sites (tertiary alicyclic amines) is 1. The van der Waals surface area contributed by atoms with E-state index in [-0.39, 0.29) is 12.1 Å². The van der Waals surface area contributed by atoms with Crippen LogP contribution in [-0.2, 0) is 4.79 Å². The highest BCUT2D eigenvalue weighted by Gasteiger charge is 2.32. The van der Waals surface area contributed by atoms with Gasteiger partial charge in [-0.3, -0.25) is 14.5 Å². The summed E-state index contributed by atoms with van der Waals surface area (Å²) in [7, 11) is 0. The highest BCUT2D eigenvalue weighted by Crippen LogP contribution is 2.19. The molecule has 0 aromatic heterocycles. The Bertz CT molecular complexity index is 329. The molecular weight excluding hydrogens is 238 g/mol. The quantitative estimate of drug-likeness (QED) is 0.795. The fourth-order valence-electron chi connectivity index (χ4n) is 3.17. The molecule has 106 valence electrons. The third-order valence-corrected chi connectivity index (χ3v) is 4.34. The van der Waals surface area contributed by atoms with Crippen molar-refractivity contribution in [3.8, 4) is 0 Å². The van der Waals surface area contributed by atoms with E-state index < -0.39 is 0 Å². The molecule has 1 N–H and O–H groups in total. The van der Waals surface area contributed by atoms with Gasteiger partial charge in [-0.15, -0.1) is 0 Å². The van der Waals surface area contributed by atoms with Gasteiger partial charge in [-0.25, -0.2) is 6.57 Å². The van der Waals surface area contributed by atoms with Crippen molar-refractivity contribution in [2.75, 3.05) is 13.1 Å². The molecule has 2 fully saturated rings. The van der Waals surface area contributed by atoms with E-state index in [0.717, 1.165) is 19.4 Å². The maximum atomic E-state index is 12.1. The van der Waals surface area contributed by atoms with E-state index in [1.807, 2.05) is 0 Å². The van der Waals surface area contributed by atoms with Crippen LogP contribution in [0.5, 0.6) is 0 Å². The van der Waals surface area contributed by atoms with Gasteiger partial charge in [-0.2, -0.15) is 0 Å². The molecule has 0 unspecified atom stereocenters. The summed E-state index contributed by atoms with van der Waals surface area (Å²) in [6.45, 7) is 8.29. The zero-order chi connectivity index (χ0) is 13.5. The fourth-order valence-corrected chi connectivity index (χ4v) is 3.17. The average Bonchev–Trinajstić information content (AvgIpc) is 2.85. The molecule has 1 saturated heterocycles. The van der Waals surface area contributed by atoms with Gasteiger partial charge < -0.3 is 5.32 Å². The summed E-state index contributed by atoms with van der Waals surface area (Å²) < 4.78 is 0. The van der Waals surface area contributed by atoms with Crippen LogP contribution in [0, 0.1) is 6.57 Å². The Morgan fingerprint density at radius 2 is 1.79 bits per heavy atom. The minimum absolute atomic E-state index is 0.112. The number of nitrogens with zero attached hydrogens (tertiary/aromatic N) is 2. The monoisotopic (exact) mass is 263 g/mol. The first kappa shape index (κ1) is 14.3. The first-order valence-electron chi connectivity index (χ1n) is 7.70. The molecule has 4 nitrogen and oxygen atoms in total. The van der Waals surface area contributed by atoms with Crippen molar-refractivity contribution in [2.24, 2.45) is 0 Å². The zero-order valence-corrected chi connectivity index (χ0v) is 11.7. The molecule has 0 bridgehead atoms. The average molecular weight is 263 g/mol. The van der Waals surface area contributed by atoms with Gasteiger partial charge in [0.05, 0.1) is 6.54 Å². The maximum absolute atomic E-state index is 12.1. The topological polar surface area (TPSA) is 36.7 Å². The second-order valence-electron chi connectivity index (χ2n) is 5.76. The summed E-state index contributed by atoms with van der Waals surface area (Å²) in [6.07, 6.45) is 10.6. The number of amides is 1. The molecule has 1 heterocycles. The summed E-state index contributed by atoms with van der Waals surface area (Å²) in [5.74, 6) is 0.112. The van der Waals surface area contributed by atoms with Crippen LogP contribution in [0.15, 0.2) is 0 Å². The second kappa shape index (κ2) is 7.49. The highest BCUT2D eigenvalue weighted by atomic mass is 16.2. The van der Waals surface area contributed by atoms with Gasteiger partial charge in [0, 0.05) is 19.0 Å². The van der Waals surface area contributed by atoms with Gasteiger partial charge in [-0.1, -0.05) is 32.1 Å². The number of hydrogen-bond donors (Lipinski definition) is 1. The number of carbonyl (C=O) groups is 1. The van der Waals surface area contributed by atoms with Crippen molar-refractivity contribution in [1.29, 1.82) is 0 Å². The van der Waals surface area contributed by atoms with E-state index in [9.17, 15) is 4.79 Å². The molecule has 2 aliphatic rings. The molecule has 4 heteroatoms. The van der Waals surface area contributed by atoms with Crippen LogP contribution in [0.4, 0.5) is 0 Å². The van der Waals surface area contributed by atoms with E-state index in [1.165, 1.54) is 44.9 Å². The molecule has 0 radical (unpaired) electrons. The Kier molecular flexibility index (Phi) is 5.65. The van der Waals surface area contributed by atoms with E-state index in [0.29, 0.717) is 12.6 Å². The summed E-state index contributed by atoms with van der Waals surface area (Å²) in [5.41, 5.74) is 0. The van der Waals surface area contributed by atoms with Crippen molar-refractivity contribution in [1.82, 2.24) is 10.2 Å². The van der Waals surface area contributed by atoms with Crippen LogP contribution in [0.2, 0.25) is 0 Å². The SMILES string of the molecule is [C-]#[N+][C@@H]1CCCN1C(=O)CNC1CCCCCCC1. The van der Waals surface area contributed by atoms with Gasteiger partial charge in [0.2, 0.25) is 5.91 Å². The smallest absolute Gasteiger partial charge is 0.300 e. The normalized spacial score (nSPS) is 25.6. The highest BCUT2D eigenvalue weighted by molar-refractivity contribution is 5.79. The van der Waals surface area contributed by atoms with Gasteiger partial charge in [0.15, 0.2) is 0 Å². The van der Waals surface area contributed by atoms with E-state index in [2.05, 4.69) is 10.2 Å². The molecule has 1 saturated carbocycles. The summed E-state index contributed by atoms with van der Waals surface area (Å²) in [6, 6.07) is 0.498. The molecule has 19 heavy (non-hydrogen) atoms. The molecule has 1 atom stereocenters. The Morgan fingerprint density at radius 1 is 1.11 bits per heavy atom. The molecule has 1 amide bonds. The van der Waals surface area contributed by atoms with Crippen molar-refractivity contribution < 1.29 is 4.79 Å². The van der Waals surface area contributed by atoms with Crippen molar-refractivity contribution in [2.45, 2.75) is 70.0 Å². The van der Waals surface area contributed by atoms with E-state index in [1.54, 1.807) is 4.90 Å². The standard InChI is InChI=1S/C15H25N3O/c1-16-14-10-7-11-18(14)15(19)12-17-13-8-5-3-2-4-6-9-13/h13-14,17H,2-12H2/t14-/m0/s1. The van der Waals surface area contributed by atoms with Crippen molar-refractivity contribution >= 4 is 5.91 Å². The number of rotatable bonds is 3. The van der Waals surface area contributed by atoms with E-state index in [4.69, 9.17) is 6.57 Å². The maximum Gasteiger partial charge on any atom is 0.300 e. The lowest BCUT2D eigenvalue weighted by Gasteiger charge is -2.22. The molecule has 0 aromatic rings. The minimum Gasteiger partial charge on any atom is -0.306 e. The molecule has 0 aromatic carbocycles. The van der Waals surface area contributed by atoms with Crippen LogP contribution in [0.25, 0.3) is 4.85 Å². The first-order valence-corrected chi connectivity index (χ1v) is 7.70. The van der Waals surface area contributed by atoms with Crippen LogP contribution in [-0.4, -0.2) is 36.1 Å². The minimum atomic E-state index is -0.202. The fraction of sp³-hybridized carbons (Fsp3) is 0.867. The van der Waals surface area contributed by atoms with Crippen LogP contribution in [0.3, 0.4) is 0 Å². The summed E-state index contributed by atoms with van der Waals surface area (Å²) in [5, 5.41) is 3.42. The molecule has 1 aliphatic heterocycles. The zero-order valence-electron chi connectivity index (χ0n) is 11.7. The number of carbonyl (C=O) groups excluding carboxylic acids is 1. The lowest BCUT2D eigenvalue weighted by molar-refractivity contribution is -0.130. The van der Waals surface area contributed by atoms with Crippen LogP contribution in [0.1, 0.15) is 57.8 Å². The Morgan fingerprint density at radius 3 is 2.47 bits per heavy atom. The molecule has 0 spiro atoms. The predicted molar refractivity (Wildman–Crippen MR) is 75.4 cm³/mol. The molecule has 1 aliphatic carbocycles. The second-order valence-corrected chi connectivity index (χ2v) is 5.76. The number of hydrogen-bond acceptors (Lipinski definition) is 2. The first-order chi connectivity index (χ1) is 9.31. The summed E-state index contributed by atoms with van der Waals surface area (Å²) >= 11 is 0. The van der Waals surface area contributed by atoms with Crippen molar-refractivity contribution in [3.05, 3.63) is 11.4 Å². The van der Waals surface area contributed by atoms with Gasteiger partial charge >= 0.3 is 6.17 Å². The van der Waals surface area contributed by atoms with Crippen LogP contribution >= 0.6 is 0 Å². The van der Waals surface area contributed by atoms with Crippen molar-refractivity contribution in [3.63, 3.8) is 0 Å². The van der Waals surface area contributed by atoms with Gasteiger partial charge in [-0.05, 0) is 19.3 Å². The third-order valence-electron chi connectivity index (χ3n) is 4.34. The lowest BCUT2D eigenvalue weighted by Crippen LogP contribution is -2.43. The Labute approximate surface area is 116 Å². The Hall–Kier alpha value is -1.08.